The van der Waals surface area contributed by atoms with Crippen molar-refractivity contribution < 1.29 is 0 Å². The van der Waals surface area contributed by atoms with Gasteiger partial charge in [-0.3, -0.25) is 0 Å². The molecular formula is C140H92B5N5. The van der Waals surface area contributed by atoms with Crippen LogP contribution in [-0.4, -0.2) is 34.2 Å². The first-order valence-corrected chi connectivity index (χ1v) is 52.8. The highest BCUT2D eigenvalue weighted by molar-refractivity contribution is 6.96. The van der Waals surface area contributed by atoms with E-state index in [1.165, 1.54) is 277 Å². The molecule has 10 heterocycles. The summed E-state index contributed by atoms with van der Waals surface area (Å²) in [6.45, 7) is 0.912. The third kappa shape index (κ3) is 13.0. The Morgan fingerprint density at radius 3 is 0.873 bits per heavy atom. The number of hydrogen-bond donors (Lipinski definition) is 0. The average Bonchev–Trinajstić information content (AvgIpc) is 0.716. The van der Waals surface area contributed by atoms with Gasteiger partial charge in [0.05, 0.1) is 0 Å². The summed E-state index contributed by atoms with van der Waals surface area (Å²) in [6.07, 6.45) is 6.83. The van der Waals surface area contributed by atoms with Crippen LogP contribution in [0.1, 0.15) is 17.5 Å². The van der Waals surface area contributed by atoms with Crippen molar-refractivity contribution in [2.24, 2.45) is 0 Å². The first kappa shape index (κ1) is 85.8. The molecule has 24 aromatic carbocycles. The van der Waals surface area contributed by atoms with Crippen molar-refractivity contribution in [1.29, 1.82) is 0 Å². The maximum absolute atomic E-state index is 2.63. The number of allylic oxidation sites excluding steroid dienone is 1. The predicted molar refractivity (Wildman–Crippen MR) is 642 cm³/mol. The molecule has 0 bridgehead atoms. The van der Waals surface area contributed by atoms with Crippen molar-refractivity contribution in [3.63, 3.8) is 0 Å². The molecule has 692 valence electrons. The van der Waals surface area contributed by atoms with E-state index in [0.29, 0.717) is 0 Å². The van der Waals surface area contributed by atoms with Crippen LogP contribution < -0.4 is 78.7 Å². The van der Waals surface area contributed by atoms with E-state index in [1.54, 1.807) is 0 Å². The highest BCUT2D eigenvalue weighted by Gasteiger charge is 2.50. The van der Waals surface area contributed by atoms with Gasteiger partial charge in [0.2, 0.25) is 0 Å². The van der Waals surface area contributed by atoms with Crippen LogP contribution >= 0.6 is 0 Å². The second kappa shape index (κ2) is 34.5. The Hall–Kier alpha value is -18.6. The molecule has 150 heavy (non-hydrogen) atoms. The summed E-state index contributed by atoms with van der Waals surface area (Å²) in [7, 11) is 0. The Bertz CT molecular complexity index is 9180. The highest BCUT2D eigenvalue weighted by Crippen LogP contribution is 2.56. The first-order valence-electron chi connectivity index (χ1n) is 52.8. The lowest BCUT2D eigenvalue weighted by molar-refractivity contribution is 0.982. The fraction of sp³-hybridized carbons (Fsp3) is 0.0143. The molecule has 1 aliphatic carbocycles. The third-order valence-corrected chi connectivity index (χ3v) is 33.5. The molecule has 0 saturated carbocycles. The summed E-state index contributed by atoms with van der Waals surface area (Å²) >= 11 is 0. The molecule has 0 N–H and O–H groups in total. The van der Waals surface area contributed by atoms with Gasteiger partial charge in [0.1, 0.15) is 0 Å². The third-order valence-electron chi connectivity index (χ3n) is 33.5. The molecule has 11 aliphatic rings. The van der Waals surface area contributed by atoms with Crippen molar-refractivity contribution in [3.05, 3.63) is 539 Å². The van der Waals surface area contributed by atoms with Crippen molar-refractivity contribution in [3.8, 4) is 111 Å². The fourth-order valence-electron chi connectivity index (χ4n) is 27.4. The quantitative estimate of drug-likeness (QED) is 0.140. The molecule has 0 atom stereocenters. The zero-order valence-corrected chi connectivity index (χ0v) is 82.3. The smallest absolute Gasteiger partial charge is 0.329 e. The van der Waals surface area contributed by atoms with Gasteiger partial charge in [-0.2, -0.15) is 0 Å². The SMILES string of the molecule is C1=Cc2ccc3c(c2CC1)N1B(c2ccccc2-c2ccccc21)c1ccccc1-3.c1ccc2c(c1)B1c3cc4ccccc4cc3-c3ccccc3N1c1ccccc1-2.c1ccc2c(c1)B1c3ccc4ccccc4c3-c3ccccc3N1c1ccccc1-2.c1ccc2c(c1)B1c3ccccc3-c3c(ccc4ccccc34)N1c1ccccc1-2.c1ccc2c(c1)B1c3ccccc3-c3cc4ccccc4cc3N1c1ccccc1-2. The number of hydrogen-bond acceptors (Lipinski definition) is 5. The van der Waals surface area contributed by atoms with Crippen LogP contribution in [-0.2, 0) is 6.42 Å². The number of rotatable bonds is 0. The van der Waals surface area contributed by atoms with E-state index >= 15 is 0 Å². The van der Waals surface area contributed by atoms with Gasteiger partial charge in [-0.1, -0.05) is 467 Å². The van der Waals surface area contributed by atoms with Crippen molar-refractivity contribution in [1.82, 2.24) is 0 Å². The minimum Gasteiger partial charge on any atom is -0.376 e. The normalized spacial score (nSPS) is 13.5. The first-order chi connectivity index (χ1) is 74.5. The minimum absolute atomic E-state index is 0.172. The Morgan fingerprint density at radius 1 is 0.153 bits per heavy atom. The Labute approximate surface area is 875 Å². The molecule has 5 nitrogen and oxygen atoms in total. The lowest BCUT2D eigenvalue weighted by Gasteiger charge is -2.44. The highest BCUT2D eigenvalue weighted by atomic mass is 15.1. The van der Waals surface area contributed by atoms with E-state index in [9.17, 15) is 0 Å². The van der Waals surface area contributed by atoms with Gasteiger partial charge in [-0.05, 0) is 244 Å². The Morgan fingerprint density at radius 2 is 0.433 bits per heavy atom. The lowest BCUT2D eigenvalue weighted by Crippen LogP contribution is -2.59. The molecule has 0 aromatic heterocycles. The van der Waals surface area contributed by atoms with Crippen LogP contribution in [0.5, 0.6) is 0 Å². The second-order valence-electron chi connectivity index (χ2n) is 41.1. The standard InChI is InChI=1S/3C28H18BN.C28H20BN.C28H18BN/c1-2-10-20-19(9-1)17-18-27-28(20)23-13-4-7-15-25(23)29-24-14-6-3-11-21(24)22-12-5-8-16-26(22)30(27)29;1-2-10-20-18-28-24(17-19(20)9-1)22-12-4-7-15-26(22)29-25-14-6-3-11-21(25)23-13-5-8-16-27(23)30(28)29;1-2-10-20-18-26-24(17-19(20)9-1)23-13-5-8-16-28(23)30-27-15-7-4-12-22(27)21-11-3-6-14-25(21)29(26)30;1-2-10-20-19(9-1)17-18-24-22-12-4-7-15-26(22)29-25-14-6-3-11-21(25)23-13-5-8-16-27(23)30(29)28(20)24;1-2-10-20-19(9-1)17-18-25-28(20)23-13-5-8-16-27(23)30-26-15-7-4-12-22(26)21-11-3-6-14-24(21)29(25)30/h3*1-18H;1,3-9,11-18H,2,10H2;1-18H. The number of anilines is 10. The largest absolute Gasteiger partial charge is 0.376 e. The Balaban J connectivity index is 0.0000000844. The molecule has 0 unspecified atom stereocenters. The molecule has 35 rings (SSSR count). The molecule has 10 heteroatoms. The van der Waals surface area contributed by atoms with Crippen LogP contribution in [0, 0.1) is 0 Å². The van der Waals surface area contributed by atoms with Gasteiger partial charge in [-0.15, -0.1) is 0 Å². The monoisotopic (exact) mass is 1900 g/mol. The lowest BCUT2D eigenvalue weighted by atomic mass is 9.43. The summed E-state index contributed by atoms with van der Waals surface area (Å²) in [4.78, 5) is 12.8. The molecule has 0 amide bonds. The van der Waals surface area contributed by atoms with E-state index in [0.717, 1.165) is 12.8 Å². The predicted octanol–water partition coefficient (Wildman–Crippen LogP) is 28.5. The van der Waals surface area contributed by atoms with Crippen molar-refractivity contribution in [2.75, 3.05) is 24.1 Å². The van der Waals surface area contributed by atoms with Gasteiger partial charge in [0.15, 0.2) is 0 Å². The van der Waals surface area contributed by atoms with Gasteiger partial charge < -0.3 is 24.1 Å². The van der Waals surface area contributed by atoms with Crippen molar-refractivity contribution >= 4 is 195 Å². The van der Waals surface area contributed by atoms with Gasteiger partial charge in [0, 0.05) is 113 Å². The summed E-state index contributed by atoms with van der Waals surface area (Å²) in [5.74, 6) is 0. The van der Waals surface area contributed by atoms with Gasteiger partial charge >= 0.3 is 34.2 Å². The molecule has 24 aromatic rings. The Kier molecular flexibility index (Phi) is 19.7. The van der Waals surface area contributed by atoms with E-state index < -0.39 is 0 Å². The summed E-state index contributed by atoms with van der Waals surface area (Å²) < 4.78 is 0. The van der Waals surface area contributed by atoms with Crippen LogP contribution in [0.15, 0.2) is 528 Å². The molecule has 0 fully saturated rings. The van der Waals surface area contributed by atoms with E-state index in [4.69, 9.17) is 0 Å². The number of benzene rings is 24. The summed E-state index contributed by atoms with van der Waals surface area (Å²) in [5.41, 5.74) is 56.4. The zero-order valence-electron chi connectivity index (χ0n) is 82.3. The summed E-state index contributed by atoms with van der Waals surface area (Å²) in [5, 5.41) is 10.4. The molecule has 0 saturated heterocycles. The zero-order chi connectivity index (χ0) is 98.3. The van der Waals surface area contributed by atoms with Gasteiger partial charge in [-0.25, -0.2) is 0 Å². The number of fused-ring (bicyclic) bond motifs is 63. The minimum atomic E-state index is 0.172. The maximum Gasteiger partial charge on any atom is 0.329 e. The molecule has 0 spiro atoms. The van der Waals surface area contributed by atoms with Crippen LogP contribution in [0.25, 0.3) is 160 Å². The molecule has 10 aliphatic heterocycles. The second-order valence-corrected chi connectivity index (χ2v) is 41.1. The van der Waals surface area contributed by atoms with E-state index in [2.05, 4.69) is 558 Å². The van der Waals surface area contributed by atoms with Crippen LogP contribution in [0.3, 0.4) is 0 Å². The topological polar surface area (TPSA) is 16.2 Å². The maximum atomic E-state index is 2.63. The number of para-hydroxylation sites is 7. The fourth-order valence-corrected chi connectivity index (χ4v) is 27.4. The van der Waals surface area contributed by atoms with E-state index in [1.807, 2.05) is 0 Å². The van der Waals surface area contributed by atoms with Gasteiger partial charge in [0.25, 0.3) is 0 Å². The molecular weight excluding hydrogens is 1810 g/mol. The van der Waals surface area contributed by atoms with Crippen molar-refractivity contribution in [2.45, 2.75) is 12.8 Å². The number of nitrogens with zero attached hydrogens (tertiary/aromatic N) is 5. The van der Waals surface area contributed by atoms with Crippen LogP contribution in [0.2, 0.25) is 0 Å². The average molecular weight is 1900 g/mol. The molecule has 0 radical (unpaired) electrons. The van der Waals surface area contributed by atoms with E-state index in [-0.39, 0.29) is 34.2 Å². The van der Waals surface area contributed by atoms with Crippen LogP contribution in [0.4, 0.5) is 56.9 Å². The summed E-state index contributed by atoms with van der Waals surface area (Å²) in [6, 6.07) is 192.